The highest BCUT2D eigenvalue weighted by Gasteiger charge is 2.46. The van der Waals surface area contributed by atoms with E-state index < -0.39 is 28.0 Å². The Morgan fingerprint density at radius 1 is 1.06 bits per heavy atom. The van der Waals surface area contributed by atoms with Crippen molar-refractivity contribution in [3.63, 3.8) is 0 Å². The minimum Gasteiger partial charge on any atom is -0.325 e. The Morgan fingerprint density at radius 2 is 1.84 bits per heavy atom. The molecule has 0 bridgehead atoms. The van der Waals surface area contributed by atoms with Gasteiger partial charge in [-0.2, -0.15) is 11.3 Å². The summed E-state index contributed by atoms with van der Waals surface area (Å²) in [5.41, 5.74) is 3.69. The van der Waals surface area contributed by atoms with Crippen LogP contribution in [-0.4, -0.2) is 43.8 Å². The van der Waals surface area contributed by atoms with Crippen LogP contribution in [0.1, 0.15) is 22.3 Å². The number of carbonyl (C=O) groups excluding carboxylic acids is 2. The molecule has 2 atom stereocenters. The van der Waals surface area contributed by atoms with Crippen molar-refractivity contribution in [1.29, 1.82) is 0 Å². The zero-order chi connectivity index (χ0) is 22.5. The molecule has 32 heavy (non-hydrogen) atoms. The van der Waals surface area contributed by atoms with Gasteiger partial charge in [0, 0.05) is 6.54 Å². The average Bonchev–Trinajstić information content (AvgIpc) is 3.42. The van der Waals surface area contributed by atoms with Crippen molar-refractivity contribution in [2.24, 2.45) is 0 Å². The molecular formula is C23H21N3O4S2. The number of anilines is 1. The summed E-state index contributed by atoms with van der Waals surface area (Å²) in [5, 5.41) is 6.79. The number of rotatable bonds is 4. The predicted molar refractivity (Wildman–Crippen MR) is 123 cm³/mol. The molecule has 1 fully saturated rings. The first kappa shape index (κ1) is 20.9. The Labute approximate surface area is 190 Å². The second-order valence-electron chi connectivity index (χ2n) is 8.03. The normalized spacial score (nSPS) is 20.5. The Hall–Kier alpha value is -3.01. The average molecular weight is 468 g/mol. The number of sulfonamides is 1. The highest BCUT2D eigenvalue weighted by atomic mass is 32.2. The Kier molecular flexibility index (Phi) is 5.11. The van der Waals surface area contributed by atoms with Gasteiger partial charge in [-0.1, -0.05) is 23.8 Å². The number of benzene rings is 2. The predicted octanol–water partition coefficient (Wildman–Crippen LogP) is 3.24. The second kappa shape index (κ2) is 7.84. The molecule has 2 aromatic carbocycles. The highest BCUT2D eigenvalue weighted by molar-refractivity contribution is 7.89. The Morgan fingerprint density at radius 3 is 2.56 bits per heavy atom. The molecule has 2 aliphatic heterocycles. The van der Waals surface area contributed by atoms with Gasteiger partial charge in [0.1, 0.15) is 6.04 Å². The van der Waals surface area contributed by atoms with Gasteiger partial charge in [0.15, 0.2) is 0 Å². The number of aryl methyl sites for hydroxylation is 1. The molecule has 3 heterocycles. The molecule has 2 N–H and O–H groups in total. The van der Waals surface area contributed by atoms with E-state index in [1.807, 2.05) is 29.8 Å². The lowest BCUT2D eigenvalue weighted by atomic mass is 10.0. The van der Waals surface area contributed by atoms with Crippen LogP contribution in [0.5, 0.6) is 0 Å². The van der Waals surface area contributed by atoms with E-state index in [0.29, 0.717) is 24.2 Å². The maximum Gasteiger partial charge on any atom is 0.256 e. The monoisotopic (exact) mass is 467 g/mol. The van der Waals surface area contributed by atoms with Gasteiger partial charge < -0.3 is 10.2 Å². The van der Waals surface area contributed by atoms with E-state index in [4.69, 9.17) is 0 Å². The van der Waals surface area contributed by atoms with E-state index in [-0.39, 0.29) is 10.8 Å². The molecular weight excluding hydrogens is 446 g/mol. The third-order valence-corrected chi connectivity index (χ3v) is 8.12. The van der Waals surface area contributed by atoms with Crippen LogP contribution in [0.15, 0.2) is 64.2 Å². The summed E-state index contributed by atoms with van der Waals surface area (Å²) in [6.07, 6.45) is 0.356. The summed E-state index contributed by atoms with van der Waals surface area (Å²) in [4.78, 5) is 28.0. The molecule has 0 aliphatic carbocycles. The van der Waals surface area contributed by atoms with Crippen molar-refractivity contribution in [2.75, 3.05) is 11.9 Å². The topological polar surface area (TPSA) is 95.6 Å². The third-order valence-electron chi connectivity index (χ3n) is 5.93. The first-order valence-electron chi connectivity index (χ1n) is 10.2. The van der Waals surface area contributed by atoms with Crippen molar-refractivity contribution < 1.29 is 18.0 Å². The number of nitrogens with zero attached hydrogens (tertiary/aromatic N) is 1. The number of hydrogen-bond donors (Lipinski definition) is 2. The molecule has 0 radical (unpaired) electrons. The van der Waals surface area contributed by atoms with Gasteiger partial charge in [-0.05, 0) is 65.6 Å². The standard InChI is InChI=1S/C23H21N3O4S2/c1-14-2-5-17(6-3-14)32(29,30)25-20-8-10-26-21(20)22(27)24-19-7-4-15(12-18(19)23(26)28)16-9-11-31-13-16/h2-7,9,11-13,20-21,25H,8,10H2,1H3,(H,24,27)/t20-,21-/m0/s1. The lowest BCUT2D eigenvalue weighted by Crippen LogP contribution is -2.51. The van der Waals surface area contributed by atoms with Gasteiger partial charge >= 0.3 is 0 Å². The summed E-state index contributed by atoms with van der Waals surface area (Å²) in [5.74, 6) is -0.674. The van der Waals surface area contributed by atoms with Crippen LogP contribution in [0.3, 0.4) is 0 Å². The molecule has 2 aliphatic rings. The number of carbonyl (C=O) groups is 2. The molecule has 1 aromatic heterocycles. The quantitative estimate of drug-likeness (QED) is 0.616. The number of amides is 2. The molecule has 164 valence electrons. The van der Waals surface area contributed by atoms with Gasteiger partial charge in [0.25, 0.3) is 5.91 Å². The number of fused-ring (bicyclic) bond motifs is 2. The van der Waals surface area contributed by atoms with Crippen molar-refractivity contribution in [3.8, 4) is 11.1 Å². The molecule has 0 spiro atoms. The summed E-state index contributed by atoms with van der Waals surface area (Å²) < 4.78 is 28.4. The summed E-state index contributed by atoms with van der Waals surface area (Å²) in [6.45, 7) is 2.17. The summed E-state index contributed by atoms with van der Waals surface area (Å²) in [6, 6.07) is 12.2. The maximum atomic E-state index is 13.4. The van der Waals surface area contributed by atoms with Crippen molar-refractivity contribution in [3.05, 3.63) is 70.4 Å². The van der Waals surface area contributed by atoms with Gasteiger partial charge in [-0.15, -0.1) is 0 Å². The van der Waals surface area contributed by atoms with Crippen LogP contribution in [0, 0.1) is 6.92 Å². The van der Waals surface area contributed by atoms with E-state index >= 15 is 0 Å². The molecule has 5 rings (SSSR count). The van der Waals surface area contributed by atoms with Crippen molar-refractivity contribution in [2.45, 2.75) is 30.3 Å². The van der Waals surface area contributed by atoms with Gasteiger partial charge in [-0.25, -0.2) is 13.1 Å². The number of nitrogens with one attached hydrogen (secondary N) is 2. The first-order chi connectivity index (χ1) is 15.3. The van der Waals surface area contributed by atoms with Crippen LogP contribution < -0.4 is 10.0 Å². The highest BCUT2D eigenvalue weighted by Crippen LogP contribution is 2.33. The molecule has 2 amide bonds. The van der Waals surface area contributed by atoms with Gasteiger partial charge in [0.2, 0.25) is 15.9 Å². The zero-order valence-electron chi connectivity index (χ0n) is 17.2. The molecule has 7 nitrogen and oxygen atoms in total. The Balaban J connectivity index is 1.44. The van der Waals surface area contributed by atoms with E-state index in [0.717, 1.165) is 16.7 Å². The van der Waals surface area contributed by atoms with Crippen LogP contribution in [0.2, 0.25) is 0 Å². The maximum absolute atomic E-state index is 13.4. The second-order valence-corrected chi connectivity index (χ2v) is 10.5. The largest absolute Gasteiger partial charge is 0.325 e. The van der Waals surface area contributed by atoms with E-state index in [1.54, 1.807) is 35.6 Å². The summed E-state index contributed by atoms with van der Waals surface area (Å²) in [7, 11) is -3.83. The smallest absolute Gasteiger partial charge is 0.256 e. The van der Waals surface area contributed by atoms with E-state index in [2.05, 4.69) is 10.0 Å². The van der Waals surface area contributed by atoms with Gasteiger partial charge in [0.05, 0.1) is 22.2 Å². The van der Waals surface area contributed by atoms with E-state index in [1.165, 1.54) is 17.0 Å². The number of thiophene rings is 1. The van der Waals surface area contributed by atoms with Crippen LogP contribution >= 0.6 is 11.3 Å². The van der Waals surface area contributed by atoms with E-state index in [9.17, 15) is 18.0 Å². The van der Waals surface area contributed by atoms with Crippen LogP contribution in [-0.2, 0) is 14.8 Å². The molecule has 0 saturated carbocycles. The fourth-order valence-electron chi connectivity index (χ4n) is 4.25. The lowest BCUT2D eigenvalue weighted by Gasteiger charge is -2.24. The lowest BCUT2D eigenvalue weighted by molar-refractivity contribution is -0.120. The SMILES string of the molecule is Cc1ccc(S(=O)(=O)N[C@H]2CCN3C(=O)c4cc(-c5ccsc5)ccc4NC(=O)[C@H]23)cc1. The molecule has 9 heteroatoms. The van der Waals surface area contributed by atoms with Crippen LogP contribution in [0.4, 0.5) is 5.69 Å². The van der Waals surface area contributed by atoms with Crippen LogP contribution in [0.25, 0.3) is 11.1 Å². The minimum atomic E-state index is -3.83. The summed E-state index contributed by atoms with van der Waals surface area (Å²) >= 11 is 1.57. The molecule has 3 aromatic rings. The molecule has 1 saturated heterocycles. The number of hydrogen-bond acceptors (Lipinski definition) is 5. The Bertz CT molecular complexity index is 1300. The zero-order valence-corrected chi connectivity index (χ0v) is 18.9. The fraction of sp³-hybridized carbons (Fsp3) is 0.217. The van der Waals surface area contributed by atoms with Gasteiger partial charge in [-0.3, -0.25) is 9.59 Å². The van der Waals surface area contributed by atoms with Crippen molar-refractivity contribution >= 4 is 38.9 Å². The molecule has 0 unspecified atom stereocenters. The minimum absolute atomic E-state index is 0.130. The first-order valence-corrected chi connectivity index (χ1v) is 12.6. The fourth-order valence-corrected chi connectivity index (χ4v) is 6.19. The third kappa shape index (κ3) is 3.62. The van der Waals surface area contributed by atoms with Crippen molar-refractivity contribution in [1.82, 2.24) is 9.62 Å².